The second-order valence-corrected chi connectivity index (χ2v) is 8.70. The summed E-state index contributed by atoms with van der Waals surface area (Å²) < 4.78 is 38.8. The number of piperazine rings is 1. The van der Waals surface area contributed by atoms with Gasteiger partial charge in [-0.05, 0) is 49.4 Å². The van der Waals surface area contributed by atoms with Crippen LogP contribution in [0.5, 0.6) is 11.5 Å². The first kappa shape index (κ1) is 19.7. The van der Waals surface area contributed by atoms with Crippen LogP contribution in [0.1, 0.15) is 17.2 Å². The molecule has 146 valence electrons. The molecule has 1 aliphatic rings. The quantitative estimate of drug-likeness (QED) is 0.786. The standard InChI is InChI=1S/C20H26N2O4S/c1-15-8-9-19(26-4)20(12-15)27(23,24)22-11-10-21(2)18(14-22)16-6-5-7-17(13-16)25-3/h5-9,12-13,18H,10-11,14H2,1-4H3. The summed E-state index contributed by atoms with van der Waals surface area (Å²) in [5.41, 5.74) is 1.92. The van der Waals surface area contributed by atoms with Crippen molar-refractivity contribution in [3.63, 3.8) is 0 Å². The molecule has 6 nitrogen and oxygen atoms in total. The monoisotopic (exact) mass is 390 g/mol. The highest BCUT2D eigenvalue weighted by atomic mass is 32.2. The number of hydrogen-bond acceptors (Lipinski definition) is 5. The first-order valence-electron chi connectivity index (χ1n) is 8.86. The van der Waals surface area contributed by atoms with Crippen LogP contribution in [0.3, 0.4) is 0 Å². The van der Waals surface area contributed by atoms with Crippen LogP contribution in [0.15, 0.2) is 47.4 Å². The van der Waals surface area contributed by atoms with Gasteiger partial charge < -0.3 is 9.47 Å². The molecule has 27 heavy (non-hydrogen) atoms. The molecule has 1 heterocycles. The van der Waals surface area contributed by atoms with E-state index in [-0.39, 0.29) is 10.9 Å². The molecule has 0 radical (unpaired) electrons. The Kier molecular flexibility index (Phi) is 5.74. The van der Waals surface area contributed by atoms with Gasteiger partial charge in [-0.2, -0.15) is 4.31 Å². The summed E-state index contributed by atoms with van der Waals surface area (Å²) in [7, 11) is 1.48. The molecular formula is C20H26N2O4S. The molecule has 2 aromatic rings. The van der Waals surface area contributed by atoms with Crippen molar-refractivity contribution in [1.29, 1.82) is 0 Å². The third-order valence-electron chi connectivity index (χ3n) is 5.03. The van der Waals surface area contributed by atoms with Crippen molar-refractivity contribution in [1.82, 2.24) is 9.21 Å². The van der Waals surface area contributed by atoms with Crippen molar-refractivity contribution in [3.05, 3.63) is 53.6 Å². The van der Waals surface area contributed by atoms with Crippen molar-refractivity contribution < 1.29 is 17.9 Å². The first-order chi connectivity index (χ1) is 12.9. The van der Waals surface area contributed by atoms with Crippen LogP contribution in [0.4, 0.5) is 0 Å². The molecule has 0 aromatic heterocycles. The Morgan fingerprint density at radius 3 is 2.52 bits per heavy atom. The van der Waals surface area contributed by atoms with E-state index in [1.165, 1.54) is 7.11 Å². The molecule has 0 aliphatic carbocycles. The van der Waals surface area contributed by atoms with E-state index in [1.54, 1.807) is 23.5 Å². The normalized spacial score (nSPS) is 19.0. The van der Waals surface area contributed by atoms with Crippen LogP contribution in [-0.2, 0) is 10.0 Å². The molecule has 0 bridgehead atoms. The highest BCUT2D eigenvalue weighted by molar-refractivity contribution is 7.89. The third-order valence-corrected chi connectivity index (χ3v) is 6.91. The Morgan fingerprint density at radius 2 is 1.81 bits per heavy atom. The van der Waals surface area contributed by atoms with Crippen molar-refractivity contribution in [2.45, 2.75) is 17.9 Å². The van der Waals surface area contributed by atoms with Crippen molar-refractivity contribution in [2.75, 3.05) is 40.9 Å². The van der Waals surface area contributed by atoms with Crippen molar-refractivity contribution in [2.24, 2.45) is 0 Å². The van der Waals surface area contributed by atoms with Gasteiger partial charge in [0.05, 0.1) is 14.2 Å². The molecule has 1 fully saturated rings. The second kappa shape index (κ2) is 7.88. The van der Waals surface area contributed by atoms with Crippen molar-refractivity contribution >= 4 is 10.0 Å². The van der Waals surface area contributed by atoms with Crippen LogP contribution < -0.4 is 9.47 Å². The molecule has 1 atom stereocenters. The molecule has 1 unspecified atom stereocenters. The predicted octanol–water partition coefficient (Wildman–Crippen LogP) is 2.69. The summed E-state index contributed by atoms with van der Waals surface area (Å²) in [5.74, 6) is 1.14. The van der Waals surface area contributed by atoms with Crippen LogP contribution in [0.2, 0.25) is 0 Å². The lowest BCUT2D eigenvalue weighted by molar-refractivity contribution is 0.148. The molecule has 1 aliphatic heterocycles. The first-order valence-corrected chi connectivity index (χ1v) is 10.3. The van der Waals surface area contributed by atoms with Gasteiger partial charge in [-0.15, -0.1) is 0 Å². The van der Waals surface area contributed by atoms with E-state index in [1.807, 2.05) is 44.3 Å². The van der Waals surface area contributed by atoms with E-state index in [4.69, 9.17) is 9.47 Å². The van der Waals surface area contributed by atoms with Crippen LogP contribution in [0.25, 0.3) is 0 Å². The highest BCUT2D eigenvalue weighted by Crippen LogP contribution is 2.32. The van der Waals surface area contributed by atoms with E-state index >= 15 is 0 Å². The average molecular weight is 391 g/mol. The molecule has 3 rings (SSSR count). The Morgan fingerprint density at radius 1 is 1.04 bits per heavy atom. The smallest absolute Gasteiger partial charge is 0.246 e. The van der Waals surface area contributed by atoms with E-state index in [0.29, 0.717) is 25.4 Å². The summed E-state index contributed by atoms with van der Waals surface area (Å²) in [5, 5.41) is 0. The number of aryl methyl sites for hydroxylation is 1. The summed E-state index contributed by atoms with van der Waals surface area (Å²) in [6.07, 6.45) is 0. The second-order valence-electron chi connectivity index (χ2n) is 6.79. The Bertz CT molecular complexity index is 914. The van der Waals surface area contributed by atoms with Gasteiger partial charge in [-0.1, -0.05) is 18.2 Å². The predicted molar refractivity (Wildman–Crippen MR) is 105 cm³/mol. The lowest BCUT2D eigenvalue weighted by Gasteiger charge is -2.39. The number of nitrogens with zero attached hydrogens (tertiary/aromatic N) is 2. The number of hydrogen-bond donors (Lipinski definition) is 0. The minimum atomic E-state index is -3.66. The third kappa shape index (κ3) is 3.95. The highest BCUT2D eigenvalue weighted by Gasteiger charge is 2.35. The van der Waals surface area contributed by atoms with Gasteiger partial charge in [0.1, 0.15) is 16.4 Å². The Balaban J connectivity index is 1.94. The van der Waals surface area contributed by atoms with E-state index < -0.39 is 10.0 Å². The van der Waals surface area contributed by atoms with Gasteiger partial charge in [0.15, 0.2) is 0 Å². The maximum absolute atomic E-state index is 13.3. The van der Waals surface area contributed by atoms with Crippen LogP contribution in [0, 0.1) is 6.92 Å². The number of ether oxygens (including phenoxy) is 2. The zero-order chi connectivity index (χ0) is 19.6. The molecule has 0 N–H and O–H groups in total. The summed E-state index contributed by atoms with van der Waals surface area (Å²) in [6.45, 7) is 3.34. The molecule has 1 saturated heterocycles. The minimum Gasteiger partial charge on any atom is -0.497 e. The number of methoxy groups -OCH3 is 2. The van der Waals surface area contributed by atoms with Crippen LogP contribution >= 0.6 is 0 Å². The van der Waals surface area contributed by atoms with E-state index in [9.17, 15) is 8.42 Å². The van der Waals surface area contributed by atoms with E-state index in [0.717, 1.165) is 16.9 Å². The molecule has 0 saturated carbocycles. The summed E-state index contributed by atoms with van der Waals surface area (Å²) >= 11 is 0. The lowest BCUT2D eigenvalue weighted by atomic mass is 10.0. The lowest BCUT2D eigenvalue weighted by Crippen LogP contribution is -2.48. The zero-order valence-electron chi connectivity index (χ0n) is 16.2. The number of rotatable bonds is 5. The minimum absolute atomic E-state index is 0.0422. The zero-order valence-corrected chi connectivity index (χ0v) is 17.0. The number of likely N-dealkylation sites (N-methyl/N-ethyl adjacent to an activating group) is 1. The van der Waals surface area contributed by atoms with E-state index in [2.05, 4.69) is 4.90 Å². The number of sulfonamides is 1. The number of benzene rings is 2. The van der Waals surface area contributed by atoms with Crippen molar-refractivity contribution in [3.8, 4) is 11.5 Å². The van der Waals surface area contributed by atoms with Gasteiger partial charge in [0.25, 0.3) is 0 Å². The molecule has 7 heteroatoms. The molecule has 2 aromatic carbocycles. The van der Waals surface area contributed by atoms with Crippen LogP contribution in [-0.4, -0.2) is 58.5 Å². The fraction of sp³-hybridized carbons (Fsp3) is 0.400. The SMILES string of the molecule is COc1cccc(C2CN(S(=O)(=O)c3cc(C)ccc3OC)CCN2C)c1. The Labute approximate surface area is 161 Å². The molecule has 0 spiro atoms. The van der Waals surface area contributed by atoms with Gasteiger partial charge >= 0.3 is 0 Å². The fourth-order valence-electron chi connectivity index (χ4n) is 3.40. The summed E-state index contributed by atoms with van der Waals surface area (Å²) in [4.78, 5) is 2.40. The maximum atomic E-state index is 13.3. The maximum Gasteiger partial charge on any atom is 0.246 e. The molecular weight excluding hydrogens is 364 g/mol. The van der Waals surface area contributed by atoms with Gasteiger partial charge in [0.2, 0.25) is 10.0 Å². The van der Waals surface area contributed by atoms with Gasteiger partial charge in [-0.25, -0.2) is 8.42 Å². The average Bonchev–Trinajstić information content (AvgIpc) is 2.68. The topological polar surface area (TPSA) is 59.1 Å². The van der Waals surface area contributed by atoms with Gasteiger partial charge in [-0.3, -0.25) is 4.90 Å². The van der Waals surface area contributed by atoms with Gasteiger partial charge in [0, 0.05) is 25.7 Å². The fourth-order valence-corrected chi connectivity index (χ4v) is 5.08. The Hall–Kier alpha value is -2.09. The molecule has 0 amide bonds. The largest absolute Gasteiger partial charge is 0.497 e. The summed E-state index contributed by atoms with van der Waals surface area (Å²) in [6, 6.07) is 13.0.